The summed E-state index contributed by atoms with van der Waals surface area (Å²) >= 11 is 1.75. The maximum atomic E-state index is 13.0. The maximum absolute atomic E-state index is 13.0. The number of hydrogen-bond acceptors (Lipinski definition) is 5. The number of carbonyl (C=O) groups excluding carboxylic acids is 1. The summed E-state index contributed by atoms with van der Waals surface area (Å²) in [5.41, 5.74) is 0.435. The third-order valence-electron chi connectivity index (χ3n) is 5.52. The summed E-state index contributed by atoms with van der Waals surface area (Å²) in [5, 5.41) is 2.08. The number of hydrogen-bond donors (Lipinski definition) is 0. The van der Waals surface area contributed by atoms with Gasteiger partial charge in [0, 0.05) is 63.9 Å². The van der Waals surface area contributed by atoms with E-state index in [0.717, 1.165) is 32.5 Å². The van der Waals surface area contributed by atoms with Gasteiger partial charge in [0.1, 0.15) is 10.6 Å². The second-order valence-corrected chi connectivity index (χ2v) is 10.4. The topological polar surface area (TPSA) is 65.9 Å². The van der Waals surface area contributed by atoms with Crippen LogP contribution in [0.4, 0.5) is 0 Å². The molecule has 0 atom stereocenters. The fourth-order valence-electron chi connectivity index (χ4n) is 3.86. The maximum Gasteiger partial charge on any atom is 0.270 e. The van der Waals surface area contributed by atoms with Crippen LogP contribution in [0.1, 0.15) is 28.2 Å². The number of carbonyl (C=O) groups is 1. The van der Waals surface area contributed by atoms with Gasteiger partial charge < -0.3 is 9.47 Å². The van der Waals surface area contributed by atoms with Gasteiger partial charge in [0.05, 0.1) is 0 Å². The average molecular weight is 423 g/mol. The van der Waals surface area contributed by atoms with Crippen molar-refractivity contribution in [2.24, 2.45) is 7.05 Å². The predicted octanol–water partition coefficient (Wildman–Crippen LogP) is 1.83. The van der Waals surface area contributed by atoms with Crippen LogP contribution in [0.2, 0.25) is 0 Å². The Labute approximate surface area is 170 Å². The van der Waals surface area contributed by atoms with E-state index in [1.54, 1.807) is 29.1 Å². The summed E-state index contributed by atoms with van der Waals surface area (Å²) < 4.78 is 28.7. The lowest BCUT2D eigenvalue weighted by Gasteiger charge is -2.34. The molecule has 0 unspecified atom stereocenters. The van der Waals surface area contributed by atoms with Crippen molar-refractivity contribution in [3.63, 3.8) is 0 Å². The number of piperazine rings is 1. The van der Waals surface area contributed by atoms with E-state index in [-0.39, 0.29) is 10.8 Å². The molecule has 2 aliphatic rings. The largest absolute Gasteiger partial charge is 0.345 e. The van der Waals surface area contributed by atoms with Crippen molar-refractivity contribution < 1.29 is 13.2 Å². The molecule has 2 aromatic rings. The number of thiophene rings is 1. The van der Waals surface area contributed by atoms with Crippen LogP contribution in [-0.4, -0.2) is 72.3 Å². The summed E-state index contributed by atoms with van der Waals surface area (Å²) in [6.45, 7) is 5.01. The number of amides is 1. The van der Waals surface area contributed by atoms with Crippen LogP contribution >= 0.6 is 11.3 Å². The lowest BCUT2D eigenvalue weighted by molar-refractivity contribution is 0.0620. The molecule has 0 N–H and O–H groups in total. The first-order chi connectivity index (χ1) is 13.4. The summed E-state index contributed by atoms with van der Waals surface area (Å²) in [5.74, 6) is -0.0962. The molecule has 0 bridgehead atoms. The molecule has 0 aromatic carbocycles. The lowest BCUT2D eigenvalue weighted by atomic mass is 10.2. The Morgan fingerprint density at radius 2 is 1.82 bits per heavy atom. The molecule has 7 nitrogen and oxygen atoms in total. The van der Waals surface area contributed by atoms with Crippen LogP contribution < -0.4 is 0 Å². The monoisotopic (exact) mass is 422 g/mol. The zero-order valence-electron chi connectivity index (χ0n) is 16.1. The molecule has 1 amide bonds. The zero-order chi connectivity index (χ0) is 19.7. The first kappa shape index (κ1) is 19.6. The highest BCUT2D eigenvalue weighted by atomic mass is 32.2. The summed E-state index contributed by atoms with van der Waals surface area (Å²) in [6.07, 6.45) is 3.36. The van der Waals surface area contributed by atoms with E-state index in [9.17, 15) is 13.2 Å². The number of sulfonamides is 1. The van der Waals surface area contributed by atoms with Gasteiger partial charge in [0.25, 0.3) is 5.91 Å². The highest BCUT2D eigenvalue weighted by Crippen LogP contribution is 2.23. The Morgan fingerprint density at radius 1 is 1.11 bits per heavy atom. The molecule has 2 aliphatic heterocycles. The number of aromatic nitrogens is 1. The Balaban J connectivity index is 1.42. The van der Waals surface area contributed by atoms with Crippen LogP contribution in [-0.2, 0) is 23.6 Å². The molecular formula is C19H26N4O3S2. The molecule has 9 heteroatoms. The second kappa shape index (κ2) is 7.98. The van der Waals surface area contributed by atoms with E-state index < -0.39 is 10.0 Å². The number of aryl methyl sites for hydroxylation is 1. The molecule has 28 heavy (non-hydrogen) atoms. The highest BCUT2D eigenvalue weighted by molar-refractivity contribution is 7.89. The van der Waals surface area contributed by atoms with Gasteiger partial charge in [0.2, 0.25) is 10.0 Å². The quantitative estimate of drug-likeness (QED) is 0.737. The molecule has 2 saturated heterocycles. The normalized spacial score (nSPS) is 19.4. The first-order valence-corrected chi connectivity index (χ1v) is 12.0. The van der Waals surface area contributed by atoms with Crippen molar-refractivity contribution in [2.75, 3.05) is 39.3 Å². The van der Waals surface area contributed by atoms with Gasteiger partial charge in [-0.15, -0.1) is 11.3 Å². The minimum Gasteiger partial charge on any atom is -0.345 e. The van der Waals surface area contributed by atoms with E-state index in [1.807, 2.05) is 4.90 Å². The lowest BCUT2D eigenvalue weighted by Crippen LogP contribution is -2.48. The molecule has 4 rings (SSSR count). The molecule has 2 fully saturated rings. The molecule has 0 spiro atoms. The fraction of sp³-hybridized carbons (Fsp3) is 0.526. The fourth-order valence-corrected chi connectivity index (χ4v) is 6.19. The van der Waals surface area contributed by atoms with E-state index in [4.69, 9.17) is 0 Å². The van der Waals surface area contributed by atoms with E-state index in [0.29, 0.717) is 31.9 Å². The third-order valence-corrected chi connectivity index (χ3v) is 8.25. The Morgan fingerprint density at radius 3 is 2.46 bits per heavy atom. The standard InChI is InChI=1S/C19H26N4O3S2/c1-20-15-17(28(25,26)23-6-2-3-7-23)13-18(20)19(24)22-10-8-21(9-11-22)14-16-5-4-12-27-16/h4-5,12-13,15H,2-3,6-11,14H2,1H3. The van der Waals surface area contributed by atoms with Crippen molar-refractivity contribution in [3.8, 4) is 0 Å². The Kier molecular flexibility index (Phi) is 5.59. The van der Waals surface area contributed by atoms with Crippen molar-refractivity contribution in [1.29, 1.82) is 0 Å². The molecule has 152 valence electrons. The minimum atomic E-state index is -3.51. The third kappa shape index (κ3) is 3.89. The van der Waals surface area contributed by atoms with Gasteiger partial charge in [-0.2, -0.15) is 4.31 Å². The van der Waals surface area contributed by atoms with Crippen LogP contribution in [0.5, 0.6) is 0 Å². The average Bonchev–Trinajstić information content (AvgIpc) is 3.44. The Bertz CT molecular complexity index is 923. The minimum absolute atomic E-state index is 0.0962. The molecular weight excluding hydrogens is 396 g/mol. The van der Waals surface area contributed by atoms with Crippen LogP contribution in [0.25, 0.3) is 0 Å². The Hall–Kier alpha value is -1.68. The summed E-state index contributed by atoms with van der Waals surface area (Å²) in [4.78, 5) is 18.7. The van der Waals surface area contributed by atoms with Gasteiger partial charge in [-0.05, 0) is 30.4 Å². The molecule has 0 radical (unpaired) electrons. The number of nitrogens with zero attached hydrogens (tertiary/aromatic N) is 4. The van der Waals surface area contributed by atoms with E-state index in [1.165, 1.54) is 15.2 Å². The van der Waals surface area contributed by atoms with Gasteiger partial charge in [0.15, 0.2) is 0 Å². The van der Waals surface area contributed by atoms with Crippen LogP contribution in [0, 0.1) is 0 Å². The highest BCUT2D eigenvalue weighted by Gasteiger charge is 2.31. The van der Waals surface area contributed by atoms with Gasteiger partial charge in [-0.3, -0.25) is 9.69 Å². The molecule has 2 aromatic heterocycles. The first-order valence-electron chi connectivity index (χ1n) is 9.66. The van der Waals surface area contributed by atoms with Crippen molar-refractivity contribution in [1.82, 2.24) is 18.7 Å². The van der Waals surface area contributed by atoms with Crippen LogP contribution in [0.15, 0.2) is 34.7 Å². The van der Waals surface area contributed by atoms with Crippen molar-refractivity contribution >= 4 is 27.3 Å². The SMILES string of the molecule is Cn1cc(S(=O)(=O)N2CCCC2)cc1C(=O)N1CCN(Cc2cccs2)CC1. The van der Waals surface area contributed by atoms with E-state index in [2.05, 4.69) is 22.4 Å². The van der Waals surface area contributed by atoms with Crippen LogP contribution in [0.3, 0.4) is 0 Å². The van der Waals surface area contributed by atoms with Gasteiger partial charge in [-0.25, -0.2) is 8.42 Å². The molecule has 0 saturated carbocycles. The van der Waals surface area contributed by atoms with Crippen molar-refractivity contribution in [3.05, 3.63) is 40.3 Å². The van der Waals surface area contributed by atoms with E-state index >= 15 is 0 Å². The smallest absolute Gasteiger partial charge is 0.270 e. The summed E-state index contributed by atoms with van der Waals surface area (Å²) in [6, 6.07) is 5.73. The zero-order valence-corrected chi connectivity index (χ0v) is 17.7. The summed E-state index contributed by atoms with van der Waals surface area (Å²) in [7, 11) is -1.77. The molecule has 0 aliphatic carbocycles. The molecule has 4 heterocycles. The number of rotatable bonds is 5. The second-order valence-electron chi connectivity index (χ2n) is 7.43. The predicted molar refractivity (Wildman–Crippen MR) is 109 cm³/mol. The van der Waals surface area contributed by atoms with Crippen molar-refractivity contribution in [2.45, 2.75) is 24.3 Å². The van der Waals surface area contributed by atoms with Gasteiger partial charge >= 0.3 is 0 Å². The van der Waals surface area contributed by atoms with Gasteiger partial charge in [-0.1, -0.05) is 6.07 Å².